The molecule has 0 spiro atoms. The fourth-order valence-electron chi connectivity index (χ4n) is 1.83. The molecule has 0 bridgehead atoms. The van der Waals surface area contributed by atoms with E-state index in [1.54, 1.807) is 18.0 Å². The molecule has 0 amide bonds. The van der Waals surface area contributed by atoms with Crippen molar-refractivity contribution in [1.82, 2.24) is 19.7 Å². The summed E-state index contributed by atoms with van der Waals surface area (Å²) in [4.78, 5) is 8.60. The number of ether oxygens (including phenoxy) is 3. The molecule has 2 heterocycles. The van der Waals surface area contributed by atoms with Crippen molar-refractivity contribution in [3.05, 3.63) is 12.0 Å². The van der Waals surface area contributed by atoms with E-state index < -0.39 is 0 Å². The smallest absolute Gasteiger partial charge is 0.163 e. The van der Waals surface area contributed by atoms with Gasteiger partial charge in [-0.05, 0) is 6.42 Å². The Kier molecular flexibility index (Phi) is 5.85. The molecule has 116 valence electrons. The van der Waals surface area contributed by atoms with E-state index in [-0.39, 0.29) is 0 Å². The quantitative estimate of drug-likeness (QED) is 0.673. The second kappa shape index (κ2) is 7.87. The second-order valence-electron chi connectivity index (χ2n) is 4.54. The van der Waals surface area contributed by atoms with Crippen LogP contribution in [0, 0.1) is 0 Å². The molecule has 8 heteroatoms. The first-order chi connectivity index (χ1) is 10.2. The van der Waals surface area contributed by atoms with Crippen molar-refractivity contribution >= 4 is 16.9 Å². The van der Waals surface area contributed by atoms with Gasteiger partial charge in [0.05, 0.1) is 24.8 Å². The van der Waals surface area contributed by atoms with Gasteiger partial charge >= 0.3 is 0 Å². The normalized spacial score (nSPS) is 11.3. The van der Waals surface area contributed by atoms with E-state index in [4.69, 9.17) is 19.9 Å². The van der Waals surface area contributed by atoms with Crippen LogP contribution in [-0.4, -0.2) is 53.3 Å². The molecule has 0 saturated heterocycles. The average Bonchev–Trinajstić information content (AvgIpc) is 2.84. The van der Waals surface area contributed by atoms with Crippen LogP contribution in [0.1, 0.15) is 12.2 Å². The lowest BCUT2D eigenvalue weighted by molar-refractivity contribution is 0.0473. The topological polar surface area (TPSA) is 97.3 Å². The summed E-state index contributed by atoms with van der Waals surface area (Å²) < 4.78 is 17.4. The summed E-state index contributed by atoms with van der Waals surface area (Å²) >= 11 is 0. The highest BCUT2D eigenvalue weighted by molar-refractivity contribution is 5.84. The Morgan fingerprint density at radius 3 is 2.76 bits per heavy atom. The van der Waals surface area contributed by atoms with Gasteiger partial charge in [0.15, 0.2) is 11.5 Å². The molecule has 0 atom stereocenters. The van der Waals surface area contributed by atoms with E-state index in [0.29, 0.717) is 50.3 Å². The molecule has 2 aromatic heterocycles. The summed E-state index contributed by atoms with van der Waals surface area (Å²) in [6.45, 7) is 2.77. The molecule has 0 aromatic carbocycles. The number of anilines is 1. The summed E-state index contributed by atoms with van der Waals surface area (Å²) in [5, 5.41) is 4.87. The highest BCUT2D eigenvalue weighted by atomic mass is 16.5. The predicted molar refractivity (Wildman–Crippen MR) is 77.7 cm³/mol. The van der Waals surface area contributed by atoms with E-state index in [1.165, 1.54) is 0 Å². The zero-order valence-corrected chi connectivity index (χ0v) is 12.4. The van der Waals surface area contributed by atoms with Gasteiger partial charge in [-0.25, -0.2) is 9.97 Å². The Labute approximate surface area is 123 Å². The summed E-state index contributed by atoms with van der Waals surface area (Å²) in [6.07, 6.45) is 2.47. The molecule has 8 nitrogen and oxygen atoms in total. The van der Waals surface area contributed by atoms with Gasteiger partial charge in [-0.15, -0.1) is 0 Å². The highest BCUT2D eigenvalue weighted by Gasteiger charge is 2.09. The molecular formula is C13H21N5O3. The van der Waals surface area contributed by atoms with Gasteiger partial charge in [-0.3, -0.25) is 4.68 Å². The number of nitrogens with zero attached hydrogens (tertiary/aromatic N) is 4. The van der Waals surface area contributed by atoms with Gasteiger partial charge in [0, 0.05) is 27.4 Å². The SMILES string of the molecule is COCCOCCCOCc1nc(N)c2cnn(C)c2n1. The first-order valence-corrected chi connectivity index (χ1v) is 6.81. The van der Waals surface area contributed by atoms with E-state index in [0.717, 1.165) is 11.8 Å². The Bertz CT molecular complexity index is 572. The third-order valence-electron chi connectivity index (χ3n) is 2.91. The fourth-order valence-corrected chi connectivity index (χ4v) is 1.83. The van der Waals surface area contributed by atoms with Crippen LogP contribution < -0.4 is 5.73 Å². The number of aromatic nitrogens is 4. The first-order valence-electron chi connectivity index (χ1n) is 6.81. The Balaban J connectivity index is 1.75. The van der Waals surface area contributed by atoms with Crippen LogP contribution in [0.25, 0.3) is 11.0 Å². The van der Waals surface area contributed by atoms with Crippen molar-refractivity contribution in [3.63, 3.8) is 0 Å². The molecule has 0 saturated carbocycles. The van der Waals surface area contributed by atoms with Gasteiger partial charge in [0.1, 0.15) is 12.4 Å². The van der Waals surface area contributed by atoms with Crippen LogP contribution in [-0.2, 0) is 27.9 Å². The minimum Gasteiger partial charge on any atom is -0.383 e. The third kappa shape index (κ3) is 4.35. The standard InChI is InChI=1S/C13H21N5O3/c1-18-13-10(8-15-18)12(14)16-11(17-13)9-21-5-3-4-20-7-6-19-2/h8H,3-7,9H2,1-2H3,(H2,14,16,17). The maximum atomic E-state index is 5.88. The van der Waals surface area contributed by atoms with E-state index in [1.807, 2.05) is 7.05 Å². The van der Waals surface area contributed by atoms with Gasteiger partial charge in [-0.2, -0.15) is 5.10 Å². The fraction of sp³-hybridized carbons (Fsp3) is 0.615. The van der Waals surface area contributed by atoms with Crippen LogP contribution in [0.4, 0.5) is 5.82 Å². The van der Waals surface area contributed by atoms with Crippen molar-refractivity contribution < 1.29 is 14.2 Å². The number of nitrogens with two attached hydrogens (primary N) is 1. The number of nitrogen functional groups attached to an aromatic ring is 1. The molecule has 0 aliphatic carbocycles. The molecule has 2 N–H and O–H groups in total. The summed E-state index contributed by atoms with van der Waals surface area (Å²) in [5.74, 6) is 0.985. The highest BCUT2D eigenvalue weighted by Crippen LogP contribution is 2.16. The van der Waals surface area contributed by atoms with E-state index in [9.17, 15) is 0 Å². The summed E-state index contributed by atoms with van der Waals surface area (Å²) in [6, 6.07) is 0. The van der Waals surface area contributed by atoms with Gasteiger partial charge in [-0.1, -0.05) is 0 Å². The Morgan fingerprint density at radius 1 is 1.14 bits per heavy atom. The van der Waals surface area contributed by atoms with E-state index in [2.05, 4.69) is 15.1 Å². The summed E-state index contributed by atoms with van der Waals surface area (Å²) in [5.41, 5.74) is 6.59. The average molecular weight is 295 g/mol. The zero-order chi connectivity index (χ0) is 15.1. The molecule has 2 rings (SSSR count). The molecule has 0 radical (unpaired) electrons. The molecule has 0 unspecified atom stereocenters. The van der Waals surface area contributed by atoms with Crippen LogP contribution in [0.2, 0.25) is 0 Å². The second-order valence-corrected chi connectivity index (χ2v) is 4.54. The molecule has 0 fully saturated rings. The zero-order valence-electron chi connectivity index (χ0n) is 12.4. The molecule has 0 aliphatic rings. The van der Waals surface area contributed by atoms with Crippen molar-refractivity contribution in [3.8, 4) is 0 Å². The number of hydrogen-bond acceptors (Lipinski definition) is 7. The lowest BCUT2D eigenvalue weighted by atomic mass is 10.4. The summed E-state index contributed by atoms with van der Waals surface area (Å²) in [7, 11) is 3.47. The first kappa shape index (κ1) is 15.6. The maximum Gasteiger partial charge on any atom is 0.163 e. The maximum absolute atomic E-state index is 5.88. The lowest BCUT2D eigenvalue weighted by Crippen LogP contribution is -2.07. The minimum absolute atomic E-state index is 0.323. The third-order valence-corrected chi connectivity index (χ3v) is 2.91. The van der Waals surface area contributed by atoms with Crippen LogP contribution in [0.15, 0.2) is 6.20 Å². The monoisotopic (exact) mass is 295 g/mol. The molecule has 21 heavy (non-hydrogen) atoms. The van der Waals surface area contributed by atoms with Crippen LogP contribution in [0.3, 0.4) is 0 Å². The van der Waals surface area contributed by atoms with Crippen molar-refractivity contribution in [2.24, 2.45) is 7.05 Å². The molecule has 2 aromatic rings. The van der Waals surface area contributed by atoms with Crippen LogP contribution in [0.5, 0.6) is 0 Å². The Morgan fingerprint density at radius 2 is 1.95 bits per heavy atom. The molecular weight excluding hydrogens is 274 g/mol. The van der Waals surface area contributed by atoms with Gasteiger partial charge < -0.3 is 19.9 Å². The number of rotatable bonds is 9. The molecule has 0 aliphatic heterocycles. The van der Waals surface area contributed by atoms with Gasteiger partial charge in [0.2, 0.25) is 0 Å². The van der Waals surface area contributed by atoms with Crippen molar-refractivity contribution in [2.45, 2.75) is 13.0 Å². The van der Waals surface area contributed by atoms with Gasteiger partial charge in [0.25, 0.3) is 0 Å². The largest absolute Gasteiger partial charge is 0.383 e. The number of methoxy groups -OCH3 is 1. The Hall–Kier alpha value is -1.77. The number of hydrogen-bond donors (Lipinski definition) is 1. The van der Waals surface area contributed by atoms with Crippen molar-refractivity contribution in [2.75, 3.05) is 39.3 Å². The predicted octanol–water partition coefficient (Wildman–Crippen LogP) is 0.515. The van der Waals surface area contributed by atoms with Crippen molar-refractivity contribution in [1.29, 1.82) is 0 Å². The number of fused-ring (bicyclic) bond motifs is 1. The number of aryl methyl sites for hydroxylation is 1. The van der Waals surface area contributed by atoms with Crippen LogP contribution >= 0.6 is 0 Å². The minimum atomic E-state index is 0.323. The lowest BCUT2D eigenvalue weighted by Gasteiger charge is -2.06. The van der Waals surface area contributed by atoms with E-state index >= 15 is 0 Å².